The summed E-state index contributed by atoms with van der Waals surface area (Å²) in [5.41, 5.74) is 4.20. The second kappa shape index (κ2) is 10.5. The number of primary amides is 1. The second-order valence-corrected chi connectivity index (χ2v) is 7.20. The van der Waals surface area contributed by atoms with Crippen molar-refractivity contribution < 1.29 is 29.0 Å². The van der Waals surface area contributed by atoms with E-state index in [1.54, 1.807) is 34.6 Å². The maximum absolute atomic E-state index is 12.4. The van der Waals surface area contributed by atoms with Crippen molar-refractivity contribution in [1.29, 1.82) is 0 Å². The number of hydrogen-bond donors (Lipinski definition) is 5. The van der Waals surface area contributed by atoms with Gasteiger partial charge >= 0.3 is 18.1 Å². The summed E-state index contributed by atoms with van der Waals surface area (Å²) in [7, 11) is 0. The molecular formula is C16H30N4O6. The van der Waals surface area contributed by atoms with Crippen molar-refractivity contribution in [1.82, 2.24) is 16.0 Å². The van der Waals surface area contributed by atoms with Gasteiger partial charge in [-0.2, -0.15) is 0 Å². The molecule has 0 fully saturated rings. The van der Waals surface area contributed by atoms with Gasteiger partial charge in [0, 0.05) is 6.54 Å². The molecule has 2 atom stereocenters. The van der Waals surface area contributed by atoms with Gasteiger partial charge in [-0.15, -0.1) is 0 Å². The van der Waals surface area contributed by atoms with E-state index in [1.165, 1.54) is 0 Å². The third-order valence-electron chi connectivity index (χ3n) is 3.20. The fraction of sp³-hybridized carbons (Fsp3) is 0.750. The number of rotatable bonds is 9. The molecule has 0 saturated heterocycles. The van der Waals surface area contributed by atoms with Crippen LogP contribution in [0.3, 0.4) is 0 Å². The van der Waals surface area contributed by atoms with Crippen LogP contribution >= 0.6 is 0 Å². The van der Waals surface area contributed by atoms with Crippen LogP contribution in [0.5, 0.6) is 0 Å². The first-order valence-electron chi connectivity index (χ1n) is 8.39. The van der Waals surface area contributed by atoms with Gasteiger partial charge in [-0.25, -0.2) is 14.4 Å². The summed E-state index contributed by atoms with van der Waals surface area (Å²) in [6, 6.07) is -2.81. The smallest absolute Gasteiger partial charge is 0.408 e. The molecule has 10 heteroatoms. The number of carbonyl (C=O) groups is 4. The summed E-state index contributed by atoms with van der Waals surface area (Å²) in [5, 5.41) is 16.4. The highest BCUT2D eigenvalue weighted by molar-refractivity contribution is 5.89. The van der Waals surface area contributed by atoms with Crippen molar-refractivity contribution in [2.75, 3.05) is 6.54 Å². The van der Waals surface area contributed by atoms with Gasteiger partial charge in [0.2, 0.25) is 5.91 Å². The molecule has 0 rings (SSSR count). The molecule has 0 radical (unpaired) electrons. The Labute approximate surface area is 153 Å². The van der Waals surface area contributed by atoms with Crippen LogP contribution in [0.15, 0.2) is 0 Å². The normalized spacial score (nSPS) is 13.5. The van der Waals surface area contributed by atoms with Crippen LogP contribution < -0.4 is 21.7 Å². The predicted molar refractivity (Wildman–Crippen MR) is 94.4 cm³/mol. The summed E-state index contributed by atoms with van der Waals surface area (Å²) in [5.74, 6) is -2.12. The number of nitrogens with two attached hydrogens (primary N) is 1. The Morgan fingerprint density at radius 2 is 1.69 bits per heavy atom. The van der Waals surface area contributed by atoms with Crippen LogP contribution in [0, 0.1) is 5.92 Å². The first-order chi connectivity index (χ1) is 11.8. The van der Waals surface area contributed by atoms with E-state index in [9.17, 15) is 24.3 Å². The van der Waals surface area contributed by atoms with Crippen LogP contribution in [0.2, 0.25) is 0 Å². The topological polar surface area (TPSA) is 160 Å². The monoisotopic (exact) mass is 374 g/mol. The highest BCUT2D eigenvalue weighted by atomic mass is 16.6. The molecule has 4 amide bonds. The molecule has 6 N–H and O–H groups in total. The van der Waals surface area contributed by atoms with Crippen molar-refractivity contribution in [3.05, 3.63) is 0 Å². The van der Waals surface area contributed by atoms with Gasteiger partial charge in [-0.3, -0.25) is 4.79 Å². The molecule has 1 unspecified atom stereocenters. The number of carboxylic acids is 1. The van der Waals surface area contributed by atoms with Crippen LogP contribution in [0.4, 0.5) is 9.59 Å². The number of nitrogens with one attached hydrogen (secondary N) is 3. The third-order valence-corrected chi connectivity index (χ3v) is 3.20. The lowest BCUT2D eigenvalue weighted by atomic mass is 10.0. The highest BCUT2D eigenvalue weighted by Gasteiger charge is 2.30. The Morgan fingerprint density at radius 1 is 1.12 bits per heavy atom. The van der Waals surface area contributed by atoms with Gasteiger partial charge in [-0.05, 0) is 39.5 Å². The van der Waals surface area contributed by atoms with Crippen molar-refractivity contribution >= 4 is 24.0 Å². The number of ether oxygens (including phenoxy) is 1. The molecule has 0 aromatic carbocycles. The van der Waals surface area contributed by atoms with Gasteiger partial charge in [0.25, 0.3) is 0 Å². The molecule has 10 nitrogen and oxygen atoms in total. The number of urea groups is 1. The average molecular weight is 374 g/mol. The van der Waals surface area contributed by atoms with Crippen LogP contribution in [-0.4, -0.2) is 53.3 Å². The molecule has 0 aliphatic carbocycles. The minimum atomic E-state index is -1.21. The number of aliphatic carboxylic acids is 1. The van der Waals surface area contributed by atoms with Crippen LogP contribution in [0.25, 0.3) is 0 Å². The molecular weight excluding hydrogens is 344 g/mol. The average Bonchev–Trinajstić information content (AvgIpc) is 2.44. The van der Waals surface area contributed by atoms with E-state index >= 15 is 0 Å². The molecule has 0 aromatic heterocycles. The first-order valence-corrected chi connectivity index (χ1v) is 8.39. The Balaban J connectivity index is 4.80. The lowest BCUT2D eigenvalue weighted by molar-refractivity contribution is -0.142. The predicted octanol–water partition coefficient (Wildman–Crippen LogP) is 0.554. The van der Waals surface area contributed by atoms with Gasteiger partial charge in [0.1, 0.15) is 17.7 Å². The molecule has 0 heterocycles. The summed E-state index contributed by atoms with van der Waals surface area (Å²) in [4.78, 5) is 46.2. The summed E-state index contributed by atoms with van der Waals surface area (Å²) < 4.78 is 5.12. The Hall–Kier alpha value is -2.52. The summed E-state index contributed by atoms with van der Waals surface area (Å²) >= 11 is 0. The standard InChI is InChI=1S/C16H30N4O6/c1-9(2)11(20-15(25)26-16(3,4)5)12(21)19-10(13(22)23)7-6-8-18-14(17)24/h9-11H,6-8H2,1-5H3,(H,19,21)(H,20,25)(H,22,23)(H3,17,18,24)/t10?,11-/m0/s1. The third kappa shape index (κ3) is 10.4. The number of hydrogen-bond acceptors (Lipinski definition) is 5. The van der Waals surface area contributed by atoms with Crippen molar-refractivity contribution in [3.63, 3.8) is 0 Å². The van der Waals surface area contributed by atoms with Crippen LogP contribution in [0.1, 0.15) is 47.5 Å². The Morgan fingerprint density at radius 3 is 2.12 bits per heavy atom. The van der Waals surface area contributed by atoms with Crippen molar-refractivity contribution in [3.8, 4) is 0 Å². The van der Waals surface area contributed by atoms with Crippen molar-refractivity contribution in [2.45, 2.75) is 65.1 Å². The van der Waals surface area contributed by atoms with Gasteiger partial charge in [0.05, 0.1) is 0 Å². The molecule has 0 saturated carbocycles. The van der Waals surface area contributed by atoms with E-state index in [0.717, 1.165) is 0 Å². The maximum atomic E-state index is 12.4. The molecule has 0 aromatic rings. The highest BCUT2D eigenvalue weighted by Crippen LogP contribution is 2.09. The lowest BCUT2D eigenvalue weighted by Gasteiger charge is -2.26. The fourth-order valence-electron chi connectivity index (χ4n) is 2.01. The number of carboxylic acid groups (broad SMARTS) is 1. The van der Waals surface area contributed by atoms with Gasteiger partial charge in [-0.1, -0.05) is 13.8 Å². The Bertz CT molecular complexity index is 515. The number of carbonyl (C=O) groups excluding carboxylic acids is 3. The largest absolute Gasteiger partial charge is 0.480 e. The zero-order valence-corrected chi connectivity index (χ0v) is 15.9. The molecule has 0 aliphatic heterocycles. The van der Waals surface area contributed by atoms with E-state index < -0.39 is 41.7 Å². The zero-order chi connectivity index (χ0) is 20.5. The minimum absolute atomic E-state index is 0.0958. The van der Waals surface area contributed by atoms with Gasteiger partial charge < -0.3 is 31.5 Å². The minimum Gasteiger partial charge on any atom is -0.480 e. The van der Waals surface area contributed by atoms with Gasteiger partial charge in [0.15, 0.2) is 0 Å². The lowest BCUT2D eigenvalue weighted by Crippen LogP contribution is -2.54. The summed E-state index contributed by atoms with van der Waals surface area (Å²) in [6.45, 7) is 8.70. The second-order valence-electron chi connectivity index (χ2n) is 7.20. The maximum Gasteiger partial charge on any atom is 0.408 e. The Kier molecular flexibility index (Phi) is 9.45. The molecule has 0 aliphatic rings. The SMILES string of the molecule is CC(C)[C@H](NC(=O)OC(C)(C)C)C(=O)NC(CCCNC(N)=O)C(=O)O. The van der Waals surface area contributed by atoms with E-state index in [0.29, 0.717) is 6.42 Å². The molecule has 150 valence electrons. The number of alkyl carbamates (subject to hydrolysis) is 1. The fourth-order valence-corrected chi connectivity index (χ4v) is 2.01. The van der Waals surface area contributed by atoms with Crippen LogP contribution in [-0.2, 0) is 14.3 Å². The van der Waals surface area contributed by atoms with E-state index in [-0.39, 0.29) is 18.9 Å². The molecule has 26 heavy (non-hydrogen) atoms. The first kappa shape index (κ1) is 23.5. The van der Waals surface area contributed by atoms with Crippen molar-refractivity contribution in [2.24, 2.45) is 11.7 Å². The molecule has 0 spiro atoms. The summed E-state index contributed by atoms with van der Waals surface area (Å²) in [6.07, 6.45) is -0.353. The quantitative estimate of drug-likeness (QED) is 0.371. The number of amides is 4. The molecule has 0 bridgehead atoms. The zero-order valence-electron chi connectivity index (χ0n) is 15.9. The van der Waals surface area contributed by atoms with E-state index in [4.69, 9.17) is 10.5 Å². The van der Waals surface area contributed by atoms with E-state index in [1.807, 2.05) is 0 Å². The van der Waals surface area contributed by atoms with E-state index in [2.05, 4.69) is 16.0 Å².